The second kappa shape index (κ2) is 10.3. The van der Waals surface area contributed by atoms with Gasteiger partial charge < -0.3 is 15.2 Å². The Morgan fingerprint density at radius 3 is 2.85 bits per heavy atom. The molecular weight excluding hydrogens is 186 g/mol. The van der Waals surface area contributed by atoms with Crippen molar-refractivity contribution in [1.29, 1.82) is 0 Å². The van der Waals surface area contributed by atoms with Gasteiger partial charge >= 0.3 is 0 Å². The Morgan fingerprint density at radius 2 is 2.23 bits per heavy atom. The van der Waals surface area contributed by atoms with Crippen molar-refractivity contribution in [1.82, 2.24) is 5.32 Å². The number of rotatable bonds is 9. The Bertz CT molecular complexity index is 104. The van der Waals surface area contributed by atoms with E-state index in [-0.39, 0.29) is 6.61 Å². The highest BCUT2D eigenvalue weighted by atomic mass is 32.2. The summed E-state index contributed by atoms with van der Waals surface area (Å²) in [5.41, 5.74) is 0. The van der Waals surface area contributed by atoms with Crippen LogP contribution >= 0.6 is 11.8 Å². The fraction of sp³-hybridized carbons (Fsp3) is 1.00. The lowest BCUT2D eigenvalue weighted by molar-refractivity contribution is 0.199. The van der Waals surface area contributed by atoms with Crippen LogP contribution in [0.3, 0.4) is 0 Å². The number of ether oxygens (including phenoxy) is 1. The minimum atomic E-state index is 0.280. The quantitative estimate of drug-likeness (QED) is 0.547. The maximum atomic E-state index is 8.75. The van der Waals surface area contributed by atoms with Crippen LogP contribution in [-0.4, -0.2) is 49.5 Å². The number of nitrogens with one attached hydrogen (secondary N) is 1. The molecule has 4 heteroatoms. The summed E-state index contributed by atoms with van der Waals surface area (Å²) in [6.45, 7) is 5.07. The summed E-state index contributed by atoms with van der Waals surface area (Å²) in [6, 6.07) is 0. The molecule has 0 aliphatic rings. The van der Waals surface area contributed by atoms with E-state index in [0.29, 0.717) is 5.25 Å². The predicted molar refractivity (Wildman–Crippen MR) is 58.4 cm³/mol. The smallest absolute Gasteiger partial charge is 0.0587 e. The highest BCUT2D eigenvalue weighted by Crippen LogP contribution is 2.09. The molecule has 0 aromatic heterocycles. The molecule has 0 aliphatic carbocycles. The van der Waals surface area contributed by atoms with Gasteiger partial charge in [0.15, 0.2) is 0 Å². The SMILES string of the molecule is COCCNCCCSC(C)CO. The normalized spacial score (nSPS) is 13.2. The zero-order valence-electron chi connectivity index (χ0n) is 8.58. The number of methoxy groups -OCH3 is 1. The van der Waals surface area contributed by atoms with E-state index in [2.05, 4.69) is 5.32 Å². The molecule has 0 spiro atoms. The predicted octanol–water partition coefficient (Wildman–Crippen LogP) is 0.726. The van der Waals surface area contributed by atoms with Gasteiger partial charge in [0.2, 0.25) is 0 Å². The Labute approximate surface area is 85.2 Å². The number of aliphatic hydroxyl groups is 1. The zero-order valence-corrected chi connectivity index (χ0v) is 9.40. The number of hydrogen-bond donors (Lipinski definition) is 2. The molecular formula is C9H21NO2S. The number of thioether (sulfide) groups is 1. The van der Waals surface area contributed by atoms with Crippen LogP contribution in [-0.2, 0) is 4.74 Å². The molecule has 0 radical (unpaired) electrons. The van der Waals surface area contributed by atoms with E-state index >= 15 is 0 Å². The summed E-state index contributed by atoms with van der Waals surface area (Å²) in [5.74, 6) is 1.11. The van der Waals surface area contributed by atoms with Crippen LogP contribution in [0.25, 0.3) is 0 Å². The van der Waals surface area contributed by atoms with Gasteiger partial charge in [0, 0.05) is 18.9 Å². The molecule has 0 aromatic rings. The average Bonchev–Trinajstić information content (AvgIpc) is 2.16. The molecule has 0 bridgehead atoms. The fourth-order valence-corrected chi connectivity index (χ4v) is 1.65. The van der Waals surface area contributed by atoms with Crippen molar-refractivity contribution in [3.05, 3.63) is 0 Å². The van der Waals surface area contributed by atoms with E-state index < -0.39 is 0 Å². The maximum Gasteiger partial charge on any atom is 0.0587 e. The molecule has 13 heavy (non-hydrogen) atoms. The first-order valence-electron chi connectivity index (χ1n) is 4.73. The van der Waals surface area contributed by atoms with E-state index in [1.54, 1.807) is 7.11 Å². The van der Waals surface area contributed by atoms with Gasteiger partial charge in [-0.25, -0.2) is 0 Å². The molecule has 0 amide bonds. The van der Waals surface area contributed by atoms with Crippen LogP contribution in [0.15, 0.2) is 0 Å². The largest absolute Gasteiger partial charge is 0.395 e. The van der Waals surface area contributed by atoms with Crippen molar-refractivity contribution in [2.24, 2.45) is 0 Å². The first-order valence-corrected chi connectivity index (χ1v) is 5.78. The van der Waals surface area contributed by atoms with Gasteiger partial charge in [-0.3, -0.25) is 0 Å². The van der Waals surface area contributed by atoms with Gasteiger partial charge in [0.1, 0.15) is 0 Å². The highest BCUT2D eigenvalue weighted by molar-refractivity contribution is 7.99. The van der Waals surface area contributed by atoms with Gasteiger partial charge in [-0.2, -0.15) is 11.8 Å². The lowest BCUT2D eigenvalue weighted by Gasteiger charge is -2.07. The van der Waals surface area contributed by atoms with Crippen molar-refractivity contribution < 1.29 is 9.84 Å². The lowest BCUT2D eigenvalue weighted by atomic mass is 10.5. The van der Waals surface area contributed by atoms with Crippen molar-refractivity contribution in [3.63, 3.8) is 0 Å². The van der Waals surface area contributed by atoms with Crippen molar-refractivity contribution in [3.8, 4) is 0 Å². The molecule has 0 aromatic carbocycles. The van der Waals surface area contributed by atoms with E-state index in [1.165, 1.54) is 0 Å². The van der Waals surface area contributed by atoms with Crippen molar-refractivity contribution >= 4 is 11.8 Å². The van der Waals surface area contributed by atoms with Crippen LogP contribution in [0.2, 0.25) is 0 Å². The summed E-state index contributed by atoms with van der Waals surface area (Å²) in [6.07, 6.45) is 1.15. The molecule has 2 N–H and O–H groups in total. The molecule has 80 valence electrons. The van der Waals surface area contributed by atoms with Crippen molar-refractivity contribution in [2.75, 3.05) is 39.2 Å². The molecule has 0 saturated heterocycles. The fourth-order valence-electron chi connectivity index (χ4n) is 0.834. The lowest BCUT2D eigenvalue weighted by Crippen LogP contribution is -2.20. The van der Waals surface area contributed by atoms with Crippen LogP contribution in [0, 0.1) is 0 Å². The monoisotopic (exact) mass is 207 g/mol. The van der Waals surface area contributed by atoms with Gasteiger partial charge in [0.25, 0.3) is 0 Å². The number of aliphatic hydroxyl groups excluding tert-OH is 1. The maximum absolute atomic E-state index is 8.75. The van der Waals surface area contributed by atoms with Gasteiger partial charge in [0.05, 0.1) is 13.2 Å². The minimum Gasteiger partial charge on any atom is -0.395 e. The molecule has 3 nitrogen and oxygen atoms in total. The van der Waals surface area contributed by atoms with Gasteiger partial charge in [-0.05, 0) is 18.7 Å². The topological polar surface area (TPSA) is 41.5 Å². The molecule has 0 saturated carbocycles. The Hall–Kier alpha value is 0.230. The van der Waals surface area contributed by atoms with Crippen LogP contribution in [0.1, 0.15) is 13.3 Å². The van der Waals surface area contributed by atoms with E-state index in [4.69, 9.17) is 9.84 Å². The summed E-state index contributed by atoms with van der Waals surface area (Å²) in [7, 11) is 1.71. The van der Waals surface area contributed by atoms with Crippen LogP contribution in [0.5, 0.6) is 0 Å². The Kier molecular flexibility index (Phi) is 10.5. The first kappa shape index (κ1) is 13.2. The van der Waals surface area contributed by atoms with Crippen LogP contribution in [0.4, 0.5) is 0 Å². The molecule has 1 unspecified atom stereocenters. The Morgan fingerprint density at radius 1 is 1.46 bits per heavy atom. The minimum absolute atomic E-state index is 0.280. The summed E-state index contributed by atoms with van der Waals surface area (Å²) < 4.78 is 4.90. The molecule has 0 heterocycles. The number of hydrogen-bond acceptors (Lipinski definition) is 4. The summed E-state index contributed by atoms with van der Waals surface area (Å²) >= 11 is 1.82. The second-order valence-electron chi connectivity index (χ2n) is 2.96. The van der Waals surface area contributed by atoms with E-state index in [0.717, 1.165) is 31.9 Å². The zero-order chi connectivity index (χ0) is 9.94. The van der Waals surface area contributed by atoms with Crippen molar-refractivity contribution in [2.45, 2.75) is 18.6 Å². The first-order chi connectivity index (χ1) is 6.31. The van der Waals surface area contributed by atoms with E-state index in [9.17, 15) is 0 Å². The third-order valence-corrected chi connectivity index (χ3v) is 2.88. The molecule has 0 rings (SSSR count). The molecule has 0 aliphatic heterocycles. The summed E-state index contributed by atoms with van der Waals surface area (Å²) in [4.78, 5) is 0. The van der Waals surface area contributed by atoms with Crippen LogP contribution < -0.4 is 5.32 Å². The third kappa shape index (κ3) is 10.1. The van der Waals surface area contributed by atoms with Gasteiger partial charge in [-0.15, -0.1) is 0 Å². The van der Waals surface area contributed by atoms with E-state index in [1.807, 2.05) is 18.7 Å². The summed E-state index contributed by atoms with van der Waals surface area (Å²) in [5, 5.41) is 12.4. The van der Waals surface area contributed by atoms with Gasteiger partial charge in [-0.1, -0.05) is 6.92 Å². The molecule has 1 atom stereocenters. The Balaban J connectivity index is 2.91. The average molecular weight is 207 g/mol. The third-order valence-electron chi connectivity index (χ3n) is 1.64. The molecule has 0 fully saturated rings. The standard InChI is InChI=1S/C9H21NO2S/c1-9(8-11)13-7-3-4-10-5-6-12-2/h9-11H,3-8H2,1-2H3. The second-order valence-corrected chi connectivity index (χ2v) is 4.51. The highest BCUT2D eigenvalue weighted by Gasteiger charge is 1.98.